The number of carboxylic acids is 1. The summed E-state index contributed by atoms with van der Waals surface area (Å²) < 4.78 is 33.3. The Morgan fingerprint density at radius 3 is 2.31 bits per heavy atom. The Balaban J connectivity index is 2.94. The molecule has 1 heterocycles. The molecule has 0 aliphatic carbocycles. The number of halogens is 2. The maximum absolute atomic E-state index is 14.5. The van der Waals surface area contributed by atoms with Crippen molar-refractivity contribution in [3.8, 4) is 0 Å². The number of rotatable bonds is 9. The van der Waals surface area contributed by atoms with Gasteiger partial charge in [0.05, 0.1) is 12.6 Å². The number of hydrogen-bond donors (Lipinski definition) is 9. The zero-order chi connectivity index (χ0) is 22.7. The summed E-state index contributed by atoms with van der Waals surface area (Å²) in [6.45, 7) is -0.917. The first-order valence-electron chi connectivity index (χ1n) is 8.20. The molecule has 1 unspecified atom stereocenters. The van der Waals surface area contributed by atoms with Gasteiger partial charge in [0.1, 0.15) is 30.5 Å². The van der Waals surface area contributed by atoms with E-state index in [-0.39, 0.29) is 0 Å². The molecule has 0 spiro atoms. The lowest BCUT2D eigenvalue weighted by atomic mass is 9.97. The van der Waals surface area contributed by atoms with Crippen LogP contribution in [-0.4, -0.2) is 110 Å². The minimum Gasteiger partial charge on any atom is -0.480 e. The summed E-state index contributed by atoms with van der Waals surface area (Å²) in [6.07, 6.45) is -9.10. The minimum atomic E-state index is -4.95. The van der Waals surface area contributed by atoms with E-state index < -0.39 is 79.1 Å². The number of carboxylic acid groups (broad SMARTS) is 1. The van der Waals surface area contributed by atoms with Gasteiger partial charge in [-0.3, -0.25) is 9.59 Å². The van der Waals surface area contributed by atoms with Crippen molar-refractivity contribution in [3.63, 3.8) is 0 Å². The van der Waals surface area contributed by atoms with Crippen LogP contribution in [0.25, 0.3) is 0 Å². The molecule has 10 N–H and O–H groups in total. The number of hydrogen-bond acceptors (Lipinski definition) is 10. The van der Waals surface area contributed by atoms with E-state index in [0.717, 1.165) is 0 Å². The molecule has 1 rings (SSSR count). The normalized spacial score (nSPS) is 30.3. The highest BCUT2D eigenvalue weighted by atomic mass is 19.3. The molecule has 15 heteroatoms. The number of aliphatic carboxylic acids is 1. The van der Waals surface area contributed by atoms with Crippen molar-refractivity contribution in [2.24, 2.45) is 5.73 Å². The van der Waals surface area contributed by atoms with Crippen molar-refractivity contribution in [1.82, 2.24) is 10.6 Å². The average Bonchev–Trinajstić information content (AvgIpc) is 2.89. The van der Waals surface area contributed by atoms with Gasteiger partial charge in [-0.25, -0.2) is 4.79 Å². The van der Waals surface area contributed by atoms with Crippen LogP contribution in [0.3, 0.4) is 0 Å². The number of aliphatic hydroxyl groups is 5. The van der Waals surface area contributed by atoms with E-state index >= 15 is 0 Å². The molecule has 0 aromatic heterocycles. The van der Waals surface area contributed by atoms with Crippen molar-refractivity contribution >= 4 is 17.8 Å². The molecule has 0 aromatic carbocycles. The third kappa shape index (κ3) is 4.95. The zero-order valence-corrected chi connectivity index (χ0v) is 15.0. The van der Waals surface area contributed by atoms with Gasteiger partial charge in [-0.1, -0.05) is 0 Å². The number of carbonyl (C=O) groups is 3. The fourth-order valence-corrected chi connectivity index (χ4v) is 2.40. The number of nitrogens with two attached hydrogens (primary N) is 1. The lowest BCUT2D eigenvalue weighted by Crippen LogP contribution is -2.64. The molecule has 13 nitrogen and oxygen atoms in total. The van der Waals surface area contributed by atoms with Gasteiger partial charge in [0, 0.05) is 6.54 Å². The van der Waals surface area contributed by atoms with E-state index in [9.17, 15) is 43.6 Å². The van der Waals surface area contributed by atoms with Crippen LogP contribution in [0.2, 0.25) is 0 Å². The van der Waals surface area contributed by atoms with Gasteiger partial charge < -0.3 is 51.7 Å². The predicted octanol–water partition coefficient (Wildman–Crippen LogP) is -5.18. The first kappa shape index (κ1) is 25.0. The molecule has 0 saturated carbocycles. The number of nitrogens with one attached hydrogen (secondary N) is 2. The van der Waals surface area contributed by atoms with Crippen molar-refractivity contribution in [2.75, 3.05) is 13.2 Å². The Hall–Kier alpha value is -2.01. The quantitative estimate of drug-likeness (QED) is 0.167. The molecule has 7 atom stereocenters. The zero-order valence-electron chi connectivity index (χ0n) is 15.0. The SMILES string of the molecule is C[C@@H](N)C(=O)N[C@@H](CNC(=O)C(F)(F)[C@]1(O)O[C@@H](C(O)CO)[C@H](O)[C@H]1O)C(=O)O. The highest BCUT2D eigenvalue weighted by Gasteiger charge is 2.71. The Morgan fingerprint density at radius 2 is 1.86 bits per heavy atom. The maximum Gasteiger partial charge on any atom is 0.379 e. The van der Waals surface area contributed by atoms with Gasteiger partial charge in [0.25, 0.3) is 11.7 Å². The summed E-state index contributed by atoms with van der Waals surface area (Å²) in [5, 5.41) is 60.0. The van der Waals surface area contributed by atoms with E-state index in [1.54, 1.807) is 0 Å². The van der Waals surface area contributed by atoms with Gasteiger partial charge in [0.15, 0.2) is 0 Å². The van der Waals surface area contributed by atoms with Gasteiger partial charge in [-0.15, -0.1) is 0 Å². The van der Waals surface area contributed by atoms with Crippen molar-refractivity contribution in [3.05, 3.63) is 0 Å². The molecule has 0 bridgehead atoms. The van der Waals surface area contributed by atoms with Gasteiger partial charge >= 0.3 is 11.9 Å². The van der Waals surface area contributed by atoms with Crippen LogP contribution in [0.15, 0.2) is 0 Å². The number of alkyl halides is 2. The van der Waals surface area contributed by atoms with Crippen molar-refractivity contribution in [1.29, 1.82) is 0 Å². The monoisotopic (exact) mass is 431 g/mol. The fraction of sp³-hybridized carbons (Fsp3) is 0.786. The Bertz CT molecular complexity index is 637. The summed E-state index contributed by atoms with van der Waals surface area (Å²) in [6, 6.07) is -2.99. The first-order chi connectivity index (χ1) is 13.2. The van der Waals surface area contributed by atoms with Gasteiger partial charge in [-0.05, 0) is 6.92 Å². The second-order valence-corrected chi connectivity index (χ2v) is 6.44. The lowest BCUT2D eigenvalue weighted by molar-refractivity contribution is -0.325. The van der Waals surface area contributed by atoms with Crippen molar-refractivity contribution < 1.29 is 58.5 Å². The van der Waals surface area contributed by atoms with E-state index in [0.29, 0.717) is 0 Å². The number of carbonyl (C=O) groups excluding carboxylic acids is 2. The third-order valence-electron chi connectivity index (χ3n) is 4.17. The molecule has 29 heavy (non-hydrogen) atoms. The van der Waals surface area contributed by atoms with Crippen LogP contribution in [0, 0.1) is 0 Å². The second kappa shape index (κ2) is 9.21. The second-order valence-electron chi connectivity index (χ2n) is 6.44. The van der Waals surface area contributed by atoms with Crippen LogP contribution in [0.4, 0.5) is 8.78 Å². The van der Waals surface area contributed by atoms with Crippen molar-refractivity contribution in [2.45, 2.75) is 55.1 Å². The van der Waals surface area contributed by atoms with E-state index in [4.69, 9.17) is 15.9 Å². The molecular formula is C14H23F2N3O10. The molecular weight excluding hydrogens is 408 g/mol. The van der Waals surface area contributed by atoms with Crippen LogP contribution in [0.5, 0.6) is 0 Å². The highest BCUT2D eigenvalue weighted by Crippen LogP contribution is 2.42. The average molecular weight is 431 g/mol. The number of ether oxygens (including phenoxy) is 1. The summed E-state index contributed by atoms with van der Waals surface area (Å²) in [4.78, 5) is 34.4. The van der Waals surface area contributed by atoms with Gasteiger partial charge in [-0.2, -0.15) is 8.78 Å². The summed E-state index contributed by atoms with van der Waals surface area (Å²) in [7, 11) is 0. The summed E-state index contributed by atoms with van der Waals surface area (Å²) in [5.74, 6) is -13.9. The topological polar surface area (TPSA) is 232 Å². The molecule has 1 saturated heterocycles. The van der Waals surface area contributed by atoms with Crippen LogP contribution < -0.4 is 16.4 Å². The fourth-order valence-electron chi connectivity index (χ4n) is 2.40. The molecule has 1 aliphatic heterocycles. The Labute approximate surface area is 162 Å². The summed E-state index contributed by atoms with van der Waals surface area (Å²) >= 11 is 0. The van der Waals surface area contributed by atoms with Crippen LogP contribution in [0.1, 0.15) is 6.92 Å². The van der Waals surface area contributed by atoms with Gasteiger partial charge in [0.2, 0.25) is 5.91 Å². The van der Waals surface area contributed by atoms with E-state index in [1.807, 2.05) is 5.32 Å². The number of amides is 2. The molecule has 0 radical (unpaired) electrons. The van der Waals surface area contributed by atoms with Crippen LogP contribution >= 0.6 is 0 Å². The Kier molecular flexibility index (Phi) is 7.94. The van der Waals surface area contributed by atoms with E-state index in [2.05, 4.69) is 4.74 Å². The van der Waals surface area contributed by atoms with Crippen LogP contribution in [-0.2, 0) is 19.1 Å². The standard InChI is InChI=1S/C14H23F2N3O10/c1-4(17)10(24)19-5(11(25)26)2-18-12(27)13(15,16)14(28)9(23)7(22)8(29-14)6(21)3-20/h4-9,20-23,28H,2-3,17H2,1H3,(H,18,27)(H,19,24)(H,25,26)/t4-,5+,6?,7+,8+,9-,14-/m1/s1. The molecule has 168 valence electrons. The lowest BCUT2D eigenvalue weighted by Gasteiger charge is -2.33. The van der Waals surface area contributed by atoms with E-state index in [1.165, 1.54) is 12.2 Å². The molecule has 1 aliphatic rings. The highest BCUT2D eigenvalue weighted by molar-refractivity contribution is 5.88. The largest absolute Gasteiger partial charge is 0.480 e. The molecule has 1 fully saturated rings. The minimum absolute atomic E-state index is 0.949. The molecule has 2 amide bonds. The maximum atomic E-state index is 14.5. The Morgan fingerprint density at radius 1 is 1.31 bits per heavy atom. The third-order valence-corrected chi connectivity index (χ3v) is 4.17. The smallest absolute Gasteiger partial charge is 0.379 e. The first-order valence-corrected chi connectivity index (χ1v) is 8.20. The summed E-state index contributed by atoms with van der Waals surface area (Å²) in [5.41, 5.74) is 5.24. The number of aliphatic hydroxyl groups excluding tert-OH is 4. The predicted molar refractivity (Wildman–Crippen MR) is 86.1 cm³/mol. The molecule has 0 aromatic rings.